The predicted molar refractivity (Wildman–Crippen MR) is 138 cm³/mol. The van der Waals surface area contributed by atoms with E-state index >= 15 is 0 Å². The maximum atomic E-state index is 6.42. The molecular formula is C30H30N2O. The molecule has 3 heteroatoms. The standard InChI is InChI=1S/C30H30N2O/c1-17(2)21-9-7-10-22(18(3)4)28(21)27-16-14-24-23-11-8-12-25(29(23)33-30(24)32-27)26-15-13-19(5)20(6)31-26/h7-18H,1-6H3. The molecule has 5 rings (SSSR count). The van der Waals surface area contributed by atoms with Gasteiger partial charge in [0.05, 0.1) is 11.4 Å². The zero-order chi connectivity index (χ0) is 23.3. The van der Waals surface area contributed by atoms with E-state index in [1.165, 1.54) is 22.3 Å². The van der Waals surface area contributed by atoms with Crippen molar-refractivity contribution in [2.75, 3.05) is 0 Å². The molecule has 0 aliphatic carbocycles. The number of benzene rings is 2. The highest BCUT2D eigenvalue weighted by molar-refractivity contribution is 6.08. The Balaban J connectivity index is 1.74. The number of rotatable bonds is 4. The van der Waals surface area contributed by atoms with Crippen molar-refractivity contribution in [1.29, 1.82) is 0 Å². The van der Waals surface area contributed by atoms with Crippen LogP contribution in [0.4, 0.5) is 0 Å². The van der Waals surface area contributed by atoms with Gasteiger partial charge < -0.3 is 4.42 Å². The fourth-order valence-corrected chi connectivity index (χ4v) is 4.65. The normalized spacial score (nSPS) is 11.9. The molecule has 2 aromatic carbocycles. The Kier molecular flexibility index (Phi) is 5.28. The first kappa shape index (κ1) is 21.4. The summed E-state index contributed by atoms with van der Waals surface area (Å²) in [7, 11) is 0. The average molecular weight is 435 g/mol. The summed E-state index contributed by atoms with van der Waals surface area (Å²) < 4.78 is 6.42. The van der Waals surface area contributed by atoms with Gasteiger partial charge in [0.25, 0.3) is 0 Å². The topological polar surface area (TPSA) is 38.9 Å². The van der Waals surface area contributed by atoms with Gasteiger partial charge in [-0.2, -0.15) is 0 Å². The first-order valence-electron chi connectivity index (χ1n) is 11.7. The van der Waals surface area contributed by atoms with Crippen LogP contribution in [0.1, 0.15) is 61.9 Å². The van der Waals surface area contributed by atoms with Gasteiger partial charge in [0, 0.05) is 27.6 Å². The van der Waals surface area contributed by atoms with Crippen LogP contribution in [0.25, 0.3) is 44.6 Å². The highest BCUT2D eigenvalue weighted by atomic mass is 16.3. The molecule has 0 aliphatic rings. The molecule has 0 amide bonds. The molecule has 3 aromatic heterocycles. The van der Waals surface area contributed by atoms with E-state index in [0.29, 0.717) is 17.5 Å². The second-order valence-electron chi connectivity index (χ2n) is 9.55. The first-order valence-corrected chi connectivity index (χ1v) is 11.7. The summed E-state index contributed by atoms with van der Waals surface area (Å²) in [4.78, 5) is 9.86. The molecule has 0 saturated heterocycles. The van der Waals surface area contributed by atoms with Crippen LogP contribution in [-0.2, 0) is 0 Å². The third kappa shape index (κ3) is 3.62. The average Bonchev–Trinajstić information content (AvgIpc) is 3.18. The molecule has 5 aromatic rings. The lowest BCUT2D eigenvalue weighted by Crippen LogP contribution is -2.00. The fourth-order valence-electron chi connectivity index (χ4n) is 4.65. The molecule has 3 nitrogen and oxygen atoms in total. The lowest BCUT2D eigenvalue weighted by Gasteiger charge is -2.19. The van der Waals surface area contributed by atoms with E-state index in [4.69, 9.17) is 14.4 Å². The van der Waals surface area contributed by atoms with E-state index in [1.807, 2.05) is 6.92 Å². The van der Waals surface area contributed by atoms with Crippen LogP contribution >= 0.6 is 0 Å². The molecule has 33 heavy (non-hydrogen) atoms. The largest absolute Gasteiger partial charge is 0.437 e. The molecule has 0 atom stereocenters. The van der Waals surface area contributed by atoms with Crippen molar-refractivity contribution in [1.82, 2.24) is 9.97 Å². The highest BCUT2D eigenvalue weighted by Crippen LogP contribution is 2.39. The van der Waals surface area contributed by atoms with Crippen LogP contribution in [0.15, 0.2) is 65.1 Å². The molecule has 0 bridgehead atoms. The molecule has 0 spiro atoms. The number of aryl methyl sites for hydroxylation is 2. The van der Waals surface area contributed by atoms with Crippen molar-refractivity contribution < 1.29 is 4.42 Å². The van der Waals surface area contributed by atoms with E-state index in [2.05, 4.69) is 95.3 Å². The highest BCUT2D eigenvalue weighted by Gasteiger charge is 2.19. The molecule has 166 valence electrons. The van der Waals surface area contributed by atoms with Gasteiger partial charge in [-0.3, -0.25) is 4.98 Å². The van der Waals surface area contributed by atoms with Crippen molar-refractivity contribution >= 4 is 22.1 Å². The summed E-state index contributed by atoms with van der Waals surface area (Å²) in [5.74, 6) is 0.823. The molecule has 0 N–H and O–H groups in total. The summed E-state index contributed by atoms with van der Waals surface area (Å²) in [5.41, 5.74) is 10.5. The van der Waals surface area contributed by atoms with Gasteiger partial charge in [-0.15, -0.1) is 0 Å². The van der Waals surface area contributed by atoms with Crippen LogP contribution in [0.5, 0.6) is 0 Å². The van der Waals surface area contributed by atoms with Gasteiger partial charge in [0.2, 0.25) is 5.71 Å². The Labute approximate surface area is 195 Å². The summed E-state index contributed by atoms with van der Waals surface area (Å²) >= 11 is 0. The molecule has 0 unspecified atom stereocenters. The summed E-state index contributed by atoms with van der Waals surface area (Å²) in [6.45, 7) is 13.1. The van der Waals surface area contributed by atoms with E-state index in [9.17, 15) is 0 Å². The minimum absolute atomic E-state index is 0.411. The number of pyridine rings is 2. The smallest absolute Gasteiger partial charge is 0.227 e. The van der Waals surface area contributed by atoms with Gasteiger partial charge in [0.15, 0.2) is 0 Å². The lowest BCUT2D eigenvalue weighted by molar-refractivity contribution is 0.655. The van der Waals surface area contributed by atoms with Crippen LogP contribution < -0.4 is 0 Å². The zero-order valence-corrected chi connectivity index (χ0v) is 20.2. The third-order valence-corrected chi connectivity index (χ3v) is 6.62. The van der Waals surface area contributed by atoms with Gasteiger partial charge in [0.1, 0.15) is 5.58 Å². The monoisotopic (exact) mass is 434 g/mol. The van der Waals surface area contributed by atoms with E-state index < -0.39 is 0 Å². The Morgan fingerprint density at radius 1 is 0.667 bits per heavy atom. The third-order valence-electron chi connectivity index (χ3n) is 6.62. The molecular weight excluding hydrogens is 404 g/mol. The number of fused-ring (bicyclic) bond motifs is 3. The number of hydrogen-bond donors (Lipinski definition) is 0. The maximum absolute atomic E-state index is 6.42. The molecule has 0 fully saturated rings. The zero-order valence-electron chi connectivity index (χ0n) is 20.2. The Hall–Kier alpha value is -3.46. The van der Waals surface area contributed by atoms with Gasteiger partial charge in [-0.1, -0.05) is 64.1 Å². The Morgan fingerprint density at radius 2 is 1.33 bits per heavy atom. The number of hydrogen-bond acceptors (Lipinski definition) is 3. The lowest BCUT2D eigenvalue weighted by atomic mass is 9.87. The number of nitrogens with zero attached hydrogens (tertiary/aromatic N) is 2. The van der Waals surface area contributed by atoms with Crippen LogP contribution in [0.2, 0.25) is 0 Å². The minimum atomic E-state index is 0.411. The van der Waals surface area contributed by atoms with Crippen LogP contribution in [-0.4, -0.2) is 9.97 Å². The van der Waals surface area contributed by atoms with Gasteiger partial charge in [-0.05, 0) is 66.6 Å². The van der Waals surface area contributed by atoms with E-state index in [1.54, 1.807) is 0 Å². The van der Waals surface area contributed by atoms with Gasteiger partial charge in [-0.25, -0.2) is 4.98 Å². The van der Waals surface area contributed by atoms with Crippen molar-refractivity contribution in [2.45, 2.75) is 53.4 Å². The molecule has 0 aliphatic heterocycles. The van der Waals surface area contributed by atoms with Crippen molar-refractivity contribution in [3.63, 3.8) is 0 Å². The summed E-state index contributed by atoms with van der Waals surface area (Å²) in [5, 5.41) is 2.11. The maximum Gasteiger partial charge on any atom is 0.227 e. The Morgan fingerprint density at radius 3 is 2.00 bits per heavy atom. The van der Waals surface area contributed by atoms with Crippen LogP contribution in [0, 0.1) is 13.8 Å². The number of para-hydroxylation sites is 1. The minimum Gasteiger partial charge on any atom is -0.437 e. The van der Waals surface area contributed by atoms with E-state index in [0.717, 1.165) is 39.0 Å². The van der Waals surface area contributed by atoms with Crippen molar-refractivity contribution in [3.05, 3.63) is 83.0 Å². The summed E-state index contributed by atoms with van der Waals surface area (Å²) in [6, 6.07) is 21.3. The van der Waals surface area contributed by atoms with Crippen LogP contribution in [0.3, 0.4) is 0 Å². The fraction of sp³-hybridized carbons (Fsp3) is 0.267. The van der Waals surface area contributed by atoms with Crippen molar-refractivity contribution in [3.8, 4) is 22.5 Å². The number of aromatic nitrogens is 2. The summed E-state index contributed by atoms with van der Waals surface area (Å²) in [6.07, 6.45) is 0. The van der Waals surface area contributed by atoms with E-state index in [-0.39, 0.29) is 0 Å². The quantitative estimate of drug-likeness (QED) is 0.284. The Bertz CT molecular complexity index is 1460. The molecule has 0 radical (unpaired) electrons. The van der Waals surface area contributed by atoms with Crippen molar-refractivity contribution in [2.24, 2.45) is 0 Å². The molecule has 0 saturated carbocycles. The molecule has 3 heterocycles. The SMILES string of the molecule is Cc1ccc(-c2cccc3c2oc2nc(-c4c(C(C)C)cccc4C(C)C)ccc23)nc1C. The number of furan rings is 1. The second kappa shape index (κ2) is 8.15. The predicted octanol–water partition coefficient (Wildman–Crippen LogP) is 8.57. The first-order chi connectivity index (χ1) is 15.8. The van der Waals surface area contributed by atoms with Gasteiger partial charge >= 0.3 is 0 Å². The second-order valence-corrected chi connectivity index (χ2v) is 9.55.